The van der Waals surface area contributed by atoms with E-state index >= 15 is 0 Å². The maximum Gasteiger partial charge on any atom is 0.205 e. The molecule has 0 bridgehead atoms. The lowest BCUT2D eigenvalue weighted by Gasteiger charge is -2.13. The first-order chi connectivity index (χ1) is 12.6. The van der Waals surface area contributed by atoms with Crippen LogP contribution in [0.25, 0.3) is 17.0 Å². The van der Waals surface area contributed by atoms with Crippen LogP contribution < -0.4 is 14.2 Å². The zero-order valence-electron chi connectivity index (χ0n) is 14.6. The first-order valence-electron chi connectivity index (χ1n) is 7.81. The molecule has 134 valence electrons. The molecular weight excluding hydrogens is 336 g/mol. The number of ketones is 1. The minimum absolute atomic E-state index is 0.00407. The Balaban J connectivity index is 2.11. The highest BCUT2D eigenvalue weighted by Crippen LogP contribution is 2.45. The lowest BCUT2D eigenvalue weighted by Crippen LogP contribution is -2.02. The van der Waals surface area contributed by atoms with E-state index in [1.54, 1.807) is 25.3 Å². The van der Waals surface area contributed by atoms with Gasteiger partial charge in [0.25, 0.3) is 0 Å². The van der Waals surface area contributed by atoms with Crippen molar-refractivity contribution in [2.45, 2.75) is 0 Å². The molecule has 0 atom stereocenters. The lowest BCUT2D eigenvalue weighted by atomic mass is 10.0. The van der Waals surface area contributed by atoms with Gasteiger partial charge in [-0.05, 0) is 24.3 Å². The topological polar surface area (TPSA) is 78.1 Å². The summed E-state index contributed by atoms with van der Waals surface area (Å²) in [7, 11) is 4.37. The summed E-state index contributed by atoms with van der Waals surface area (Å²) >= 11 is 0. The summed E-state index contributed by atoms with van der Waals surface area (Å²) < 4.78 is 21.2. The van der Waals surface area contributed by atoms with Gasteiger partial charge in [0, 0.05) is 5.56 Å². The standard InChI is InChI=1S/C20H18O6/c1-23-15-7-5-4-6-12(15)8-9-14(21)16-17(22)20(25-3)19-13(10-11-26-19)18(16)24-2/h4-11,22H,1-3H3/b9-8+. The monoisotopic (exact) mass is 354 g/mol. The molecule has 0 aliphatic heterocycles. The van der Waals surface area contributed by atoms with E-state index in [0.29, 0.717) is 16.7 Å². The normalized spacial score (nSPS) is 11.0. The molecule has 0 amide bonds. The molecule has 1 heterocycles. The van der Waals surface area contributed by atoms with Gasteiger partial charge >= 0.3 is 0 Å². The number of aromatic hydroxyl groups is 1. The van der Waals surface area contributed by atoms with Crippen LogP contribution in [0.2, 0.25) is 0 Å². The van der Waals surface area contributed by atoms with Gasteiger partial charge in [0.05, 0.1) is 33.0 Å². The van der Waals surface area contributed by atoms with Crippen molar-refractivity contribution in [3.63, 3.8) is 0 Å². The van der Waals surface area contributed by atoms with E-state index in [1.165, 1.54) is 26.6 Å². The average Bonchev–Trinajstić information content (AvgIpc) is 3.14. The fraction of sp³-hybridized carbons (Fsp3) is 0.150. The highest BCUT2D eigenvalue weighted by Gasteiger charge is 2.26. The molecule has 0 radical (unpaired) electrons. The number of fused-ring (bicyclic) bond motifs is 1. The minimum Gasteiger partial charge on any atom is -0.504 e. The predicted octanol–water partition coefficient (Wildman–Crippen LogP) is 4.06. The van der Waals surface area contributed by atoms with Crippen LogP contribution in [-0.2, 0) is 0 Å². The van der Waals surface area contributed by atoms with Crippen LogP contribution in [0.5, 0.6) is 23.0 Å². The van der Waals surface area contributed by atoms with E-state index < -0.39 is 5.78 Å². The van der Waals surface area contributed by atoms with E-state index in [0.717, 1.165) is 5.56 Å². The van der Waals surface area contributed by atoms with E-state index in [1.807, 2.05) is 18.2 Å². The highest BCUT2D eigenvalue weighted by atomic mass is 16.5. The molecule has 0 unspecified atom stereocenters. The lowest BCUT2D eigenvalue weighted by molar-refractivity contribution is 0.104. The number of phenols is 1. The summed E-state index contributed by atoms with van der Waals surface area (Å²) in [6, 6.07) is 8.94. The Morgan fingerprint density at radius 2 is 1.77 bits per heavy atom. The molecule has 1 aromatic heterocycles. The Morgan fingerprint density at radius 1 is 1.04 bits per heavy atom. The van der Waals surface area contributed by atoms with Gasteiger partial charge in [-0.1, -0.05) is 18.2 Å². The average molecular weight is 354 g/mol. The van der Waals surface area contributed by atoms with E-state index in [2.05, 4.69) is 0 Å². The Bertz CT molecular complexity index is 983. The van der Waals surface area contributed by atoms with Crippen molar-refractivity contribution in [1.82, 2.24) is 0 Å². The fourth-order valence-corrected chi connectivity index (χ4v) is 2.81. The van der Waals surface area contributed by atoms with Crippen molar-refractivity contribution < 1.29 is 28.5 Å². The number of rotatable bonds is 6. The van der Waals surface area contributed by atoms with Crippen molar-refractivity contribution in [3.8, 4) is 23.0 Å². The molecule has 0 saturated carbocycles. The number of methoxy groups -OCH3 is 3. The Hall–Kier alpha value is -3.41. The number of phenolic OH excluding ortho intramolecular Hbond substituents is 1. The highest BCUT2D eigenvalue weighted by molar-refractivity contribution is 6.15. The molecule has 6 nitrogen and oxygen atoms in total. The first-order valence-corrected chi connectivity index (χ1v) is 7.81. The molecular formula is C20H18O6. The summed E-state index contributed by atoms with van der Waals surface area (Å²) in [6.07, 6.45) is 4.40. The first kappa shape index (κ1) is 17.4. The molecule has 0 aliphatic rings. The SMILES string of the molecule is COc1ccccc1/C=C/C(=O)c1c(O)c(OC)c2occc2c1OC. The number of carbonyl (C=O) groups excluding carboxylic acids is 1. The third kappa shape index (κ3) is 2.86. The number of hydrogen-bond acceptors (Lipinski definition) is 6. The third-order valence-electron chi connectivity index (χ3n) is 4.00. The molecule has 0 fully saturated rings. The molecule has 2 aromatic carbocycles. The van der Waals surface area contributed by atoms with Crippen molar-refractivity contribution in [3.05, 3.63) is 53.8 Å². The van der Waals surface area contributed by atoms with E-state index in [9.17, 15) is 9.90 Å². The van der Waals surface area contributed by atoms with Crippen molar-refractivity contribution in [2.24, 2.45) is 0 Å². The second-order valence-corrected chi connectivity index (χ2v) is 5.39. The maximum atomic E-state index is 12.8. The van der Waals surface area contributed by atoms with Gasteiger partial charge in [-0.3, -0.25) is 4.79 Å². The van der Waals surface area contributed by atoms with E-state index in [-0.39, 0.29) is 22.8 Å². The number of allylic oxidation sites excluding steroid dienone is 1. The van der Waals surface area contributed by atoms with Crippen LogP contribution in [-0.4, -0.2) is 32.2 Å². The molecule has 1 N–H and O–H groups in total. The zero-order valence-corrected chi connectivity index (χ0v) is 14.6. The summed E-state index contributed by atoms with van der Waals surface area (Å²) in [5, 5.41) is 11.1. The molecule has 6 heteroatoms. The zero-order chi connectivity index (χ0) is 18.7. The molecule has 26 heavy (non-hydrogen) atoms. The second-order valence-electron chi connectivity index (χ2n) is 5.39. The van der Waals surface area contributed by atoms with Gasteiger partial charge in [0.1, 0.15) is 17.1 Å². The quantitative estimate of drug-likeness (QED) is 0.531. The van der Waals surface area contributed by atoms with Crippen molar-refractivity contribution >= 4 is 22.8 Å². The molecule has 3 aromatic rings. The number of ether oxygens (including phenoxy) is 3. The summed E-state index contributed by atoms with van der Waals surface area (Å²) in [4.78, 5) is 12.8. The number of para-hydroxylation sites is 1. The van der Waals surface area contributed by atoms with Gasteiger partial charge < -0.3 is 23.7 Å². The Morgan fingerprint density at radius 3 is 2.46 bits per heavy atom. The van der Waals surface area contributed by atoms with Gasteiger partial charge in [-0.25, -0.2) is 0 Å². The number of furan rings is 1. The van der Waals surface area contributed by atoms with Gasteiger partial charge in [0.2, 0.25) is 5.75 Å². The number of carbonyl (C=O) groups is 1. The number of hydrogen-bond donors (Lipinski definition) is 1. The summed E-state index contributed by atoms with van der Waals surface area (Å²) in [5.74, 6) is 0.172. The summed E-state index contributed by atoms with van der Waals surface area (Å²) in [6.45, 7) is 0. The molecule has 0 aliphatic carbocycles. The molecule has 0 spiro atoms. The van der Waals surface area contributed by atoms with Crippen LogP contribution in [0.15, 0.2) is 47.1 Å². The van der Waals surface area contributed by atoms with Crippen LogP contribution >= 0.6 is 0 Å². The predicted molar refractivity (Wildman–Crippen MR) is 97.3 cm³/mol. The summed E-state index contributed by atoms with van der Waals surface area (Å²) in [5.41, 5.74) is 1.05. The van der Waals surface area contributed by atoms with Crippen LogP contribution in [0.3, 0.4) is 0 Å². The molecule has 0 saturated heterocycles. The van der Waals surface area contributed by atoms with Gasteiger partial charge in [-0.15, -0.1) is 0 Å². The van der Waals surface area contributed by atoms with Crippen LogP contribution in [0, 0.1) is 0 Å². The minimum atomic E-state index is -0.438. The number of benzene rings is 2. The van der Waals surface area contributed by atoms with Gasteiger partial charge in [-0.2, -0.15) is 0 Å². The van der Waals surface area contributed by atoms with Crippen molar-refractivity contribution in [2.75, 3.05) is 21.3 Å². The Labute approximate surface area is 150 Å². The van der Waals surface area contributed by atoms with Crippen molar-refractivity contribution in [1.29, 1.82) is 0 Å². The van der Waals surface area contributed by atoms with E-state index in [4.69, 9.17) is 18.6 Å². The van der Waals surface area contributed by atoms with Crippen LogP contribution in [0.4, 0.5) is 0 Å². The smallest absolute Gasteiger partial charge is 0.205 e. The Kier molecular flexibility index (Phi) is 4.84. The largest absolute Gasteiger partial charge is 0.504 e. The second kappa shape index (κ2) is 7.23. The third-order valence-corrected chi connectivity index (χ3v) is 4.00. The van der Waals surface area contributed by atoms with Crippen LogP contribution in [0.1, 0.15) is 15.9 Å². The maximum absolute atomic E-state index is 12.8. The van der Waals surface area contributed by atoms with Gasteiger partial charge in [0.15, 0.2) is 17.1 Å². The molecule has 3 rings (SSSR count). The fourth-order valence-electron chi connectivity index (χ4n) is 2.81.